The van der Waals surface area contributed by atoms with E-state index in [1.165, 1.54) is 5.52 Å². The number of carbonyl (C=O) groups is 1. The molecule has 146 valence electrons. The average molecular weight is 378 g/mol. The van der Waals surface area contributed by atoms with Crippen LogP contribution in [-0.4, -0.2) is 47.1 Å². The second-order valence-corrected chi connectivity index (χ2v) is 7.38. The third-order valence-electron chi connectivity index (χ3n) is 5.43. The Kier molecular flexibility index (Phi) is 5.58. The van der Waals surface area contributed by atoms with Crippen LogP contribution in [0.1, 0.15) is 12.8 Å². The Bertz CT molecular complexity index is 927. The second-order valence-electron chi connectivity index (χ2n) is 7.38. The topological polar surface area (TPSA) is 59.4 Å². The summed E-state index contributed by atoms with van der Waals surface area (Å²) < 4.78 is 7.40. The lowest BCUT2D eigenvalue weighted by atomic mass is 9.96. The Morgan fingerprint density at radius 3 is 2.64 bits per heavy atom. The maximum Gasteiger partial charge on any atom is 0.238 e. The SMILES string of the molecule is COc1ccc(NC(=O)CN2CCC(Cn3cnc4ccccc43)CC2)cc1. The van der Waals surface area contributed by atoms with Crippen molar-refractivity contribution in [1.29, 1.82) is 0 Å². The fourth-order valence-corrected chi connectivity index (χ4v) is 3.84. The average Bonchev–Trinajstić information content (AvgIpc) is 3.13. The van der Waals surface area contributed by atoms with Crippen molar-refractivity contribution in [2.45, 2.75) is 19.4 Å². The van der Waals surface area contributed by atoms with E-state index in [1.54, 1.807) is 7.11 Å². The monoisotopic (exact) mass is 378 g/mol. The molecule has 1 N–H and O–H groups in total. The molecule has 4 rings (SSSR count). The second kappa shape index (κ2) is 8.44. The number of aromatic nitrogens is 2. The van der Waals surface area contributed by atoms with Crippen molar-refractivity contribution in [3.8, 4) is 5.75 Å². The standard InChI is InChI=1S/C22H26N4O2/c1-28-19-8-6-18(7-9-19)24-22(27)15-25-12-10-17(11-13-25)14-26-16-23-20-4-2-3-5-21(20)26/h2-9,16-17H,10-15H2,1H3,(H,24,27). The number of carbonyl (C=O) groups excluding carboxylic acids is 1. The molecule has 1 aliphatic heterocycles. The van der Waals surface area contributed by atoms with E-state index >= 15 is 0 Å². The third kappa shape index (κ3) is 4.34. The molecule has 2 heterocycles. The Morgan fingerprint density at radius 2 is 1.89 bits per heavy atom. The minimum Gasteiger partial charge on any atom is -0.497 e. The van der Waals surface area contributed by atoms with Crippen molar-refractivity contribution < 1.29 is 9.53 Å². The molecule has 1 amide bonds. The van der Waals surface area contributed by atoms with Crippen molar-refractivity contribution in [3.63, 3.8) is 0 Å². The van der Waals surface area contributed by atoms with Crippen molar-refractivity contribution in [1.82, 2.24) is 14.5 Å². The number of nitrogens with zero attached hydrogens (tertiary/aromatic N) is 3. The molecule has 0 unspecified atom stereocenters. The summed E-state index contributed by atoms with van der Waals surface area (Å²) in [4.78, 5) is 19.0. The minimum absolute atomic E-state index is 0.0317. The smallest absolute Gasteiger partial charge is 0.238 e. The highest BCUT2D eigenvalue weighted by atomic mass is 16.5. The number of nitrogens with one attached hydrogen (secondary N) is 1. The first-order valence-corrected chi connectivity index (χ1v) is 9.77. The summed E-state index contributed by atoms with van der Waals surface area (Å²) >= 11 is 0. The van der Waals surface area contributed by atoms with Gasteiger partial charge in [0.15, 0.2) is 0 Å². The summed E-state index contributed by atoms with van der Waals surface area (Å²) in [6.07, 6.45) is 4.14. The van der Waals surface area contributed by atoms with Crippen LogP contribution in [0.4, 0.5) is 5.69 Å². The normalized spacial score (nSPS) is 15.6. The summed E-state index contributed by atoms with van der Waals surface area (Å²) in [6, 6.07) is 15.7. The van der Waals surface area contributed by atoms with Crippen LogP contribution in [0.5, 0.6) is 5.75 Å². The maximum atomic E-state index is 12.3. The maximum absolute atomic E-state index is 12.3. The lowest BCUT2D eigenvalue weighted by molar-refractivity contribution is -0.117. The highest BCUT2D eigenvalue weighted by Crippen LogP contribution is 2.22. The summed E-state index contributed by atoms with van der Waals surface area (Å²) in [6.45, 7) is 3.33. The van der Waals surface area contributed by atoms with Crippen LogP contribution in [0.25, 0.3) is 11.0 Å². The molecule has 6 heteroatoms. The Balaban J connectivity index is 1.25. The Morgan fingerprint density at radius 1 is 1.14 bits per heavy atom. The van der Waals surface area contributed by atoms with Gasteiger partial charge in [-0.1, -0.05) is 12.1 Å². The zero-order valence-corrected chi connectivity index (χ0v) is 16.2. The molecule has 0 spiro atoms. The van der Waals surface area contributed by atoms with E-state index in [0.29, 0.717) is 12.5 Å². The van der Waals surface area contributed by atoms with Crippen LogP contribution in [0, 0.1) is 5.92 Å². The summed E-state index contributed by atoms with van der Waals surface area (Å²) in [7, 11) is 1.63. The Hall–Kier alpha value is -2.86. The molecular formula is C22H26N4O2. The first-order valence-electron chi connectivity index (χ1n) is 9.77. The first-order chi connectivity index (χ1) is 13.7. The van der Waals surface area contributed by atoms with E-state index in [0.717, 1.165) is 49.4 Å². The van der Waals surface area contributed by atoms with E-state index in [-0.39, 0.29) is 5.91 Å². The van der Waals surface area contributed by atoms with E-state index in [4.69, 9.17) is 4.74 Å². The molecule has 1 fully saturated rings. The number of rotatable bonds is 6. The van der Waals surface area contributed by atoms with Gasteiger partial charge in [0, 0.05) is 12.2 Å². The van der Waals surface area contributed by atoms with Crippen molar-refractivity contribution in [2.24, 2.45) is 5.92 Å². The van der Waals surface area contributed by atoms with Crippen molar-refractivity contribution in [3.05, 3.63) is 54.9 Å². The van der Waals surface area contributed by atoms with Gasteiger partial charge < -0.3 is 14.6 Å². The van der Waals surface area contributed by atoms with Gasteiger partial charge in [-0.3, -0.25) is 9.69 Å². The highest BCUT2D eigenvalue weighted by molar-refractivity contribution is 5.92. The molecule has 1 saturated heterocycles. The summed E-state index contributed by atoms with van der Waals surface area (Å²) in [5, 5.41) is 2.96. The number of piperidine rings is 1. The minimum atomic E-state index is 0.0317. The molecule has 1 aliphatic rings. The van der Waals surface area contributed by atoms with Crippen LogP contribution in [0.15, 0.2) is 54.9 Å². The Labute approximate surface area is 165 Å². The van der Waals surface area contributed by atoms with Gasteiger partial charge in [0.2, 0.25) is 5.91 Å². The molecule has 0 bridgehead atoms. The van der Waals surface area contributed by atoms with E-state index < -0.39 is 0 Å². The number of imidazole rings is 1. The largest absolute Gasteiger partial charge is 0.497 e. The molecule has 0 saturated carbocycles. The van der Waals surface area contributed by atoms with Crippen LogP contribution in [0.3, 0.4) is 0 Å². The molecule has 2 aromatic carbocycles. The third-order valence-corrected chi connectivity index (χ3v) is 5.43. The van der Waals surface area contributed by atoms with Crippen molar-refractivity contribution in [2.75, 3.05) is 32.1 Å². The lowest BCUT2D eigenvalue weighted by Gasteiger charge is -2.31. The molecule has 28 heavy (non-hydrogen) atoms. The molecule has 0 aliphatic carbocycles. The number of fused-ring (bicyclic) bond motifs is 1. The number of anilines is 1. The highest BCUT2D eigenvalue weighted by Gasteiger charge is 2.21. The van der Waals surface area contributed by atoms with E-state index in [1.807, 2.05) is 36.7 Å². The summed E-state index contributed by atoms with van der Waals surface area (Å²) in [5.74, 6) is 1.44. The van der Waals surface area contributed by atoms with Gasteiger partial charge in [0.05, 0.1) is 31.0 Å². The number of hydrogen-bond acceptors (Lipinski definition) is 4. The zero-order chi connectivity index (χ0) is 19.3. The number of hydrogen-bond donors (Lipinski definition) is 1. The molecule has 0 atom stereocenters. The fraction of sp³-hybridized carbons (Fsp3) is 0.364. The quantitative estimate of drug-likeness (QED) is 0.714. The van der Waals surface area contributed by atoms with Gasteiger partial charge in [-0.05, 0) is 68.2 Å². The van der Waals surface area contributed by atoms with Crippen LogP contribution in [0.2, 0.25) is 0 Å². The van der Waals surface area contributed by atoms with E-state index in [9.17, 15) is 4.79 Å². The van der Waals surface area contributed by atoms with Crippen LogP contribution < -0.4 is 10.1 Å². The molecule has 6 nitrogen and oxygen atoms in total. The van der Waals surface area contributed by atoms with Crippen LogP contribution >= 0.6 is 0 Å². The molecular weight excluding hydrogens is 352 g/mol. The van der Waals surface area contributed by atoms with E-state index in [2.05, 4.69) is 38.0 Å². The number of methoxy groups -OCH3 is 1. The molecule has 3 aromatic rings. The van der Waals surface area contributed by atoms with Gasteiger partial charge in [0.25, 0.3) is 0 Å². The summed E-state index contributed by atoms with van der Waals surface area (Å²) in [5.41, 5.74) is 3.05. The molecule has 1 aromatic heterocycles. The zero-order valence-electron chi connectivity index (χ0n) is 16.2. The van der Waals surface area contributed by atoms with Gasteiger partial charge in [-0.2, -0.15) is 0 Å². The lowest BCUT2D eigenvalue weighted by Crippen LogP contribution is -2.39. The van der Waals surface area contributed by atoms with Crippen LogP contribution in [-0.2, 0) is 11.3 Å². The van der Waals surface area contributed by atoms with Gasteiger partial charge >= 0.3 is 0 Å². The predicted octanol–water partition coefficient (Wildman–Crippen LogP) is 3.40. The number of ether oxygens (including phenoxy) is 1. The number of amides is 1. The predicted molar refractivity (Wildman–Crippen MR) is 111 cm³/mol. The first kappa shape index (κ1) is 18.5. The fourth-order valence-electron chi connectivity index (χ4n) is 3.84. The van der Waals surface area contributed by atoms with Gasteiger partial charge in [0.1, 0.15) is 5.75 Å². The number of para-hydroxylation sites is 2. The number of benzene rings is 2. The van der Waals surface area contributed by atoms with Crippen molar-refractivity contribution >= 4 is 22.6 Å². The number of likely N-dealkylation sites (tertiary alicyclic amines) is 1. The van der Waals surface area contributed by atoms with Gasteiger partial charge in [-0.15, -0.1) is 0 Å². The molecule has 0 radical (unpaired) electrons. The van der Waals surface area contributed by atoms with Gasteiger partial charge in [-0.25, -0.2) is 4.98 Å².